The van der Waals surface area contributed by atoms with Crippen molar-refractivity contribution in [2.45, 2.75) is 64.7 Å². The van der Waals surface area contributed by atoms with Crippen LogP contribution in [0.15, 0.2) is 60.0 Å². The summed E-state index contributed by atoms with van der Waals surface area (Å²) in [4.78, 5) is 37.7. The van der Waals surface area contributed by atoms with Gasteiger partial charge in [-0.3, -0.25) is 14.5 Å². The summed E-state index contributed by atoms with van der Waals surface area (Å²) in [6.45, 7) is 5.22. The lowest BCUT2D eigenvalue weighted by Crippen LogP contribution is -2.50. The molecule has 1 aromatic carbocycles. The molecule has 4 aliphatic rings. The Morgan fingerprint density at radius 1 is 1.05 bits per heavy atom. The molecular formula is C33H38F3N5O2. The topological polar surface area (TPSA) is 82.8 Å². The van der Waals surface area contributed by atoms with Gasteiger partial charge in [-0.2, -0.15) is 13.2 Å². The van der Waals surface area contributed by atoms with Crippen molar-refractivity contribution < 1.29 is 22.8 Å². The van der Waals surface area contributed by atoms with Gasteiger partial charge in [0, 0.05) is 37.4 Å². The molecule has 2 N–H and O–H groups in total. The highest BCUT2D eigenvalue weighted by atomic mass is 19.4. The van der Waals surface area contributed by atoms with Crippen molar-refractivity contribution in [3.05, 3.63) is 82.2 Å². The lowest BCUT2D eigenvalue weighted by atomic mass is 9.70. The Morgan fingerprint density at radius 3 is 2.49 bits per heavy atom. The van der Waals surface area contributed by atoms with E-state index in [4.69, 9.17) is 5.73 Å². The zero-order valence-corrected chi connectivity index (χ0v) is 24.5. The van der Waals surface area contributed by atoms with Gasteiger partial charge in [-0.15, -0.1) is 0 Å². The van der Waals surface area contributed by atoms with Crippen LogP contribution in [-0.4, -0.2) is 57.7 Å². The number of pyridine rings is 1. The summed E-state index contributed by atoms with van der Waals surface area (Å²) in [6, 6.07) is 7.86. The molecule has 0 saturated carbocycles. The lowest BCUT2D eigenvalue weighted by molar-refractivity contribution is -0.145. The van der Waals surface area contributed by atoms with Crippen molar-refractivity contribution >= 4 is 17.6 Å². The highest BCUT2D eigenvalue weighted by Gasteiger charge is 2.53. The largest absolute Gasteiger partial charge is 0.416 e. The van der Waals surface area contributed by atoms with Crippen LogP contribution < -0.4 is 5.73 Å². The number of allylic oxidation sites excluding steroid dienone is 2. The minimum Gasteiger partial charge on any atom is -0.384 e. The smallest absolute Gasteiger partial charge is 0.384 e. The number of aromatic nitrogens is 1. The van der Waals surface area contributed by atoms with Crippen LogP contribution in [0, 0.1) is 18.3 Å². The first kappa shape index (κ1) is 29.4. The summed E-state index contributed by atoms with van der Waals surface area (Å²) < 4.78 is 40.5. The van der Waals surface area contributed by atoms with E-state index in [1.165, 1.54) is 0 Å². The number of aryl methyl sites for hydroxylation is 1. The molecule has 1 aliphatic carbocycles. The van der Waals surface area contributed by atoms with Crippen LogP contribution in [0.5, 0.6) is 0 Å². The maximum Gasteiger partial charge on any atom is 0.416 e. The number of anilines is 1. The molecule has 228 valence electrons. The van der Waals surface area contributed by atoms with Gasteiger partial charge in [0.15, 0.2) is 0 Å². The minimum absolute atomic E-state index is 0.0277. The number of rotatable bonds is 5. The van der Waals surface area contributed by atoms with Gasteiger partial charge in [0.1, 0.15) is 5.82 Å². The Kier molecular flexibility index (Phi) is 7.83. The molecule has 7 nitrogen and oxygen atoms in total. The number of amides is 2. The number of alkyl halides is 3. The number of carbonyl (C=O) groups is 2. The van der Waals surface area contributed by atoms with Crippen molar-refractivity contribution in [3.8, 4) is 0 Å². The Balaban J connectivity index is 1.11. The van der Waals surface area contributed by atoms with E-state index in [0.717, 1.165) is 74.3 Å². The Labute approximate surface area is 250 Å². The Hall–Kier alpha value is -3.66. The molecule has 0 radical (unpaired) electrons. The fraction of sp³-hybridized carbons (Fsp3) is 0.485. The second-order valence-corrected chi connectivity index (χ2v) is 12.4. The molecule has 2 saturated heterocycles. The maximum atomic E-state index is 14.1. The first-order chi connectivity index (χ1) is 20.5. The third kappa shape index (κ3) is 5.81. The van der Waals surface area contributed by atoms with Crippen LogP contribution in [-0.2, 0) is 28.9 Å². The van der Waals surface area contributed by atoms with Crippen LogP contribution in [0.25, 0.3) is 0 Å². The van der Waals surface area contributed by atoms with Gasteiger partial charge in [-0.05, 0) is 106 Å². The molecule has 4 heterocycles. The summed E-state index contributed by atoms with van der Waals surface area (Å²) >= 11 is 0. The molecule has 2 aromatic rings. The SMILES string of the molecule is Cc1cc(CN2C(=O)C3(CCN(C(=O)C4CCN(Cc5ccnc(N)c5)CC4)CC3)C3=C2C=CCC3)cc(C(F)(F)F)c1. The monoisotopic (exact) mass is 593 g/mol. The maximum absolute atomic E-state index is 14.1. The fourth-order valence-electron chi connectivity index (χ4n) is 7.41. The predicted molar refractivity (Wildman–Crippen MR) is 157 cm³/mol. The van der Waals surface area contributed by atoms with Crippen molar-refractivity contribution in [2.24, 2.45) is 11.3 Å². The van der Waals surface area contributed by atoms with E-state index < -0.39 is 17.2 Å². The van der Waals surface area contributed by atoms with E-state index in [0.29, 0.717) is 42.9 Å². The third-order valence-electron chi connectivity index (χ3n) is 9.59. The predicted octanol–water partition coefficient (Wildman–Crippen LogP) is 5.46. The first-order valence-corrected chi connectivity index (χ1v) is 15.1. The van der Waals surface area contributed by atoms with Gasteiger partial charge in [-0.25, -0.2) is 4.98 Å². The first-order valence-electron chi connectivity index (χ1n) is 15.1. The molecule has 43 heavy (non-hydrogen) atoms. The van der Waals surface area contributed by atoms with E-state index in [1.54, 1.807) is 24.1 Å². The van der Waals surface area contributed by atoms with Crippen molar-refractivity contribution in [3.63, 3.8) is 0 Å². The van der Waals surface area contributed by atoms with Gasteiger partial charge in [0.2, 0.25) is 11.8 Å². The van der Waals surface area contributed by atoms with Crippen LogP contribution >= 0.6 is 0 Å². The number of nitrogens with two attached hydrogens (primary N) is 1. The van der Waals surface area contributed by atoms with Crippen LogP contribution in [0.2, 0.25) is 0 Å². The summed E-state index contributed by atoms with van der Waals surface area (Å²) in [5.41, 5.74) is 8.43. The van der Waals surface area contributed by atoms with E-state index in [2.05, 4.69) is 9.88 Å². The molecule has 0 bridgehead atoms. The Bertz CT molecular complexity index is 1470. The Morgan fingerprint density at radius 2 is 1.79 bits per heavy atom. The van der Waals surface area contributed by atoms with E-state index in [1.807, 2.05) is 29.2 Å². The number of fused-ring (bicyclic) bond motifs is 1. The highest BCUT2D eigenvalue weighted by molar-refractivity contribution is 5.92. The molecule has 6 rings (SSSR count). The number of benzene rings is 1. The number of likely N-dealkylation sites (tertiary alicyclic amines) is 2. The highest BCUT2D eigenvalue weighted by Crippen LogP contribution is 2.51. The second-order valence-electron chi connectivity index (χ2n) is 12.4. The van der Waals surface area contributed by atoms with Crippen molar-refractivity contribution in [1.29, 1.82) is 0 Å². The molecule has 1 aromatic heterocycles. The fourth-order valence-corrected chi connectivity index (χ4v) is 7.41. The zero-order chi connectivity index (χ0) is 30.4. The van der Waals surface area contributed by atoms with E-state index in [-0.39, 0.29) is 24.3 Å². The standard InChI is InChI=1S/C33H38F3N5O2/c1-22-16-24(18-26(17-22)33(34,35)36)21-41-28-5-3-2-4-27(28)32(31(41)43)9-14-40(15-10-32)30(42)25-7-12-39(13-8-25)20-23-6-11-38-29(37)19-23/h3,5-6,11,16-19,25H,2,4,7-10,12-15,20-21H2,1H3,(H2,37,38). The molecule has 3 aliphatic heterocycles. The summed E-state index contributed by atoms with van der Waals surface area (Å²) in [7, 11) is 0. The number of carbonyl (C=O) groups excluding carboxylic acids is 2. The van der Waals surface area contributed by atoms with Gasteiger partial charge < -0.3 is 15.5 Å². The summed E-state index contributed by atoms with van der Waals surface area (Å²) in [6.07, 6.45) is 5.53. The molecule has 2 amide bonds. The number of nitrogens with zero attached hydrogens (tertiary/aromatic N) is 4. The average molecular weight is 594 g/mol. The number of hydrogen-bond acceptors (Lipinski definition) is 5. The minimum atomic E-state index is -4.45. The van der Waals surface area contributed by atoms with E-state index in [9.17, 15) is 22.8 Å². The summed E-state index contributed by atoms with van der Waals surface area (Å²) in [5.74, 6) is 0.603. The van der Waals surface area contributed by atoms with Crippen molar-refractivity contribution in [1.82, 2.24) is 19.7 Å². The third-order valence-corrected chi connectivity index (χ3v) is 9.59. The lowest BCUT2D eigenvalue weighted by Gasteiger charge is -2.42. The van der Waals surface area contributed by atoms with E-state index >= 15 is 0 Å². The normalized spacial score (nSPS) is 21.2. The zero-order valence-electron chi connectivity index (χ0n) is 24.5. The quantitative estimate of drug-likeness (QED) is 0.498. The van der Waals surface area contributed by atoms with Gasteiger partial charge in [0.25, 0.3) is 0 Å². The number of hydrogen-bond donors (Lipinski definition) is 1. The van der Waals surface area contributed by atoms with Gasteiger partial charge in [-0.1, -0.05) is 17.7 Å². The number of piperidine rings is 2. The van der Waals surface area contributed by atoms with Gasteiger partial charge in [0.05, 0.1) is 17.5 Å². The average Bonchev–Trinajstić information content (AvgIpc) is 3.20. The second kappa shape index (κ2) is 11.4. The molecule has 2 fully saturated rings. The van der Waals surface area contributed by atoms with Crippen LogP contribution in [0.3, 0.4) is 0 Å². The molecular weight excluding hydrogens is 555 g/mol. The molecule has 10 heteroatoms. The van der Waals surface area contributed by atoms with Gasteiger partial charge >= 0.3 is 6.18 Å². The molecule has 0 atom stereocenters. The number of halogens is 3. The van der Waals surface area contributed by atoms with Crippen molar-refractivity contribution in [2.75, 3.05) is 31.9 Å². The summed E-state index contributed by atoms with van der Waals surface area (Å²) in [5, 5.41) is 0. The van der Waals surface area contributed by atoms with Crippen LogP contribution in [0.4, 0.5) is 19.0 Å². The van der Waals surface area contributed by atoms with Crippen LogP contribution in [0.1, 0.15) is 60.8 Å². The molecule has 0 unspecified atom stereocenters. The number of nitrogen functional groups attached to an aromatic ring is 1. The molecule has 1 spiro atoms.